The summed E-state index contributed by atoms with van der Waals surface area (Å²) >= 11 is 0. The van der Waals surface area contributed by atoms with E-state index in [4.69, 9.17) is 15.0 Å². The SMILES string of the molecule is Cc1noc([C@H]2CN(Cc3cccc(C(N)=O)c3)C[C@@H](C)O2)n1. The number of hydrogen-bond acceptors (Lipinski definition) is 6. The lowest BCUT2D eigenvalue weighted by atomic mass is 10.1. The minimum atomic E-state index is -0.415. The summed E-state index contributed by atoms with van der Waals surface area (Å²) in [6.07, 6.45) is -0.181. The average molecular weight is 316 g/mol. The molecule has 0 saturated carbocycles. The number of amides is 1. The number of ether oxygens (including phenoxy) is 1. The Kier molecular flexibility index (Phi) is 4.40. The summed E-state index contributed by atoms with van der Waals surface area (Å²) in [5, 5.41) is 3.82. The molecule has 0 bridgehead atoms. The number of hydrogen-bond donors (Lipinski definition) is 1. The number of carbonyl (C=O) groups excluding carboxylic acids is 1. The summed E-state index contributed by atoms with van der Waals surface area (Å²) in [7, 11) is 0. The topological polar surface area (TPSA) is 94.5 Å². The van der Waals surface area contributed by atoms with Crippen LogP contribution in [0.5, 0.6) is 0 Å². The van der Waals surface area contributed by atoms with E-state index in [2.05, 4.69) is 15.0 Å². The second-order valence-corrected chi connectivity index (χ2v) is 5.87. The van der Waals surface area contributed by atoms with E-state index in [0.29, 0.717) is 30.4 Å². The van der Waals surface area contributed by atoms with Crippen LogP contribution in [-0.2, 0) is 11.3 Å². The Morgan fingerprint density at radius 2 is 2.26 bits per heavy atom. The Morgan fingerprint density at radius 3 is 2.96 bits per heavy atom. The normalized spacial score (nSPS) is 22.2. The molecule has 1 aliphatic heterocycles. The van der Waals surface area contributed by atoms with E-state index < -0.39 is 5.91 Å². The summed E-state index contributed by atoms with van der Waals surface area (Å²) in [6, 6.07) is 7.38. The zero-order valence-electron chi connectivity index (χ0n) is 13.2. The van der Waals surface area contributed by atoms with Gasteiger partial charge in [-0.3, -0.25) is 9.69 Å². The van der Waals surface area contributed by atoms with Crippen LogP contribution in [0.25, 0.3) is 0 Å². The minimum Gasteiger partial charge on any atom is -0.366 e. The number of carbonyl (C=O) groups is 1. The highest BCUT2D eigenvalue weighted by Crippen LogP contribution is 2.25. The van der Waals surface area contributed by atoms with E-state index in [1.807, 2.05) is 25.1 Å². The molecule has 122 valence electrons. The molecule has 0 spiro atoms. The van der Waals surface area contributed by atoms with Crippen molar-refractivity contribution < 1.29 is 14.1 Å². The maximum absolute atomic E-state index is 11.3. The molecule has 0 unspecified atom stereocenters. The van der Waals surface area contributed by atoms with E-state index in [1.165, 1.54) is 0 Å². The summed E-state index contributed by atoms with van der Waals surface area (Å²) in [4.78, 5) is 17.8. The Bertz CT molecular complexity index is 700. The Balaban J connectivity index is 1.72. The Labute approximate surface area is 134 Å². The van der Waals surface area contributed by atoms with Gasteiger partial charge in [0.2, 0.25) is 5.91 Å². The van der Waals surface area contributed by atoms with Crippen LogP contribution < -0.4 is 5.73 Å². The van der Waals surface area contributed by atoms with Crippen LogP contribution in [0.3, 0.4) is 0 Å². The second-order valence-electron chi connectivity index (χ2n) is 5.87. The minimum absolute atomic E-state index is 0.0558. The molecular weight excluding hydrogens is 296 g/mol. The van der Waals surface area contributed by atoms with Gasteiger partial charge in [-0.2, -0.15) is 4.98 Å². The summed E-state index contributed by atoms with van der Waals surface area (Å²) in [5.41, 5.74) is 6.90. The fourth-order valence-electron chi connectivity index (χ4n) is 2.83. The smallest absolute Gasteiger partial charge is 0.257 e. The van der Waals surface area contributed by atoms with E-state index in [-0.39, 0.29) is 12.2 Å². The summed E-state index contributed by atoms with van der Waals surface area (Å²) in [6.45, 7) is 5.96. The standard InChI is InChI=1S/C16H20N4O3/c1-10-7-20(8-12-4-3-5-13(6-12)15(17)21)9-14(22-10)16-18-11(2)19-23-16/h3-6,10,14H,7-9H2,1-2H3,(H2,17,21)/t10-,14-/m1/s1. The number of benzene rings is 1. The molecule has 2 atom stereocenters. The third kappa shape index (κ3) is 3.75. The average Bonchev–Trinajstić information content (AvgIpc) is 2.93. The first-order valence-corrected chi connectivity index (χ1v) is 7.58. The van der Waals surface area contributed by atoms with Crippen molar-refractivity contribution in [1.82, 2.24) is 15.0 Å². The number of nitrogens with zero attached hydrogens (tertiary/aromatic N) is 3. The first-order valence-electron chi connectivity index (χ1n) is 7.58. The van der Waals surface area contributed by atoms with E-state index in [0.717, 1.165) is 12.1 Å². The van der Waals surface area contributed by atoms with Crippen LogP contribution >= 0.6 is 0 Å². The van der Waals surface area contributed by atoms with Gasteiger partial charge in [0.05, 0.1) is 6.10 Å². The van der Waals surface area contributed by atoms with E-state index in [9.17, 15) is 4.79 Å². The largest absolute Gasteiger partial charge is 0.366 e. The highest BCUT2D eigenvalue weighted by Gasteiger charge is 2.30. The molecule has 1 amide bonds. The number of aromatic nitrogens is 2. The first kappa shape index (κ1) is 15.6. The quantitative estimate of drug-likeness (QED) is 0.917. The number of primary amides is 1. The zero-order valence-corrected chi connectivity index (χ0v) is 13.2. The molecule has 1 aromatic heterocycles. The molecule has 7 nitrogen and oxygen atoms in total. The van der Waals surface area contributed by atoms with Crippen molar-refractivity contribution in [2.24, 2.45) is 5.73 Å². The van der Waals surface area contributed by atoms with Gasteiger partial charge in [0, 0.05) is 25.2 Å². The molecule has 1 saturated heterocycles. The van der Waals surface area contributed by atoms with Crippen molar-refractivity contribution in [3.63, 3.8) is 0 Å². The molecule has 7 heteroatoms. The van der Waals surface area contributed by atoms with Gasteiger partial charge in [-0.15, -0.1) is 0 Å². The van der Waals surface area contributed by atoms with Gasteiger partial charge in [-0.25, -0.2) is 0 Å². The van der Waals surface area contributed by atoms with Crippen molar-refractivity contribution in [1.29, 1.82) is 0 Å². The molecule has 1 fully saturated rings. The van der Waals surface area contributed by atoms with Crippen LogP contribution in [0.1, 0.15) is 40.7 Å². The molecular formula is C16H20N4O3. The molecule has 2 N–H and O–H groups in total. The number of morpholine rings is 1. The first-order chi connectivity index (χ1) is 11.0. The van der Waals surface area contributed by atoms with Crippen molar-refractivity contribution in [3.8, 4) is 0 Å². The van der Waals surface area contributed by atoms with Crippen molar-refractivity contribution in [3.05, 3.63) is 47.1 Å². The van der Waals surface area contributed by atoms with Gasteiger partial charge >= 0.3 is 0 Å². The van der Waals surface area contributed by atoms with Crippen molar-refractivity contribution >= 4 is 5.91 Å². The molecule has 3 rings (SSSR count). The lowest BCUT2D eigenvalue weighted by Crippen LogP contribution is -2.42. The van der Waals surface area contributed by atoms with Gasteiger partial charge in [0.25, 0.3) is 5.89 Å². The third-order valence-electron chi connectivity index (χ3n) is 3.77. The lowest BCUT2D eigenvalue weighted by Gasteiger charge is -2.35. The molecule has 1 aromatic carbocycles. The third-order valence-corrected chi connectivity index (χ3v) is 3.77. The second kappa shape index (κ2) is 6.47. The maximum atomic E-state index is 11.3. The van der Waals surface area contributed by atoms with Crippen molar-refractivity contribution in [2.45, 2.75) is 32.6 Å². The predicted octanol–water partition coefficient (Wildman–Crippen LogP) is 1.44. The highest BCUT2D eigenvalue weighted by molar-refractivity contribution is 5.92. The molecule has 23 heavy (non-hydrogen) atoms. The summed E-state index contributed by atoms with van der Waals surface area (Å²) in [5.74, 6) is 0.689. The molecule has 1 aliphatic rings. The van der Waals surface area contributed by atoms with Crippen LogP contribution in [0, 0.1) is 6.92 Å². The van der Waals surface area contributed by atoms with E-state index in [1.54, 1.807) is 13.0 Å². The molecule has 0 radical (unpaired) electrons. The number of rotatable bonds is 4. The summed E-state index contributed by atoms with van der Waals surface area (Å²) < 4.78 is 11.1. The van der Waals surface area contributed by atoms with Gasteiger partial charge in [-0.1, -0.05) is 17.3 Å². The lowest BCUT2D eigenvalue weighted by molar-refractivity contribution is -0.0930. The highest BCUT2D eigenvalue weighted by atomic mass is 16.5. The molecule has 2 heterocycles. The molecule has 2 aromatic rings. The molecule has 0 aliphatic carbocycles. The van der Waals surface area contributed by atoms with Crippen LogP contribution in [0.4, 0.5) is 0 Å². The fraction of sp³-hybridized carbons (Fsp3) is 0.438. The predicted molar refractivity (Wildman–Crippen MR) is 82.6 cm³/mol. The zero-order chi connectivity index (χ0) is 16.4. The van der Waals surface area contributed by atoms with E-state index >= 15 is 0 Å². The van der Waals surface area contributed by atoms with Crippen LogP contribution in [-0.4, -0.2) is 40.1 Å². The fourth-order valence-corrected chi connectivity index (χ4v) is 2.83. The number of aryl methyl sites for hydroxylation is 1. The van der Waals surface area contributed by atoms with Gasteiger partial charge in [0.1, 0.15) is 6.10 Å². The van der Waals surface area contributed by atoms with Crippen LogP contribution in [0.2, 0.25) is 0 Å². The Morgan fingerprint density at radius 1 is 1.43 bits per heavy atom. The maximum Gasteiger partial charge on any atom is 0.257 e. The van der Waals surface area contributed by atoms with Crippen LogP contribution in [0.15, 0.2) is 28.8 Å². The van der Waals surface area contributed by atoms with Gasteiger partial charge in [-0.05, 0) is 31.5 Å². The van der Waals surface area contributed by atoms with Gasteiger partial charge < -0.3 is 15.0 Å². The Hall–Kier alpha value is -2.25. The monoisotopic (exact) mass is 316 g/mol. The van der Waals surface area contributed by atoms with Crippen molar-refractivity contribution in [2.75, 3.05) is 13.1 Å². The number of nitrogens with two attached hydrogens (primary N) is 1. The van der Waals surface area contributed by atoms with Gasteiger partial charge in [0.15, 0.2) is 5.82 Å².